The minimum Gasteiger partial charge on any atom is -0.454 e. The number of nitrogens with one attached hydrogen (secondary N) is 2. The van der Waals surface area contributed by atoms with Crippen molar-refractivity contribution in [3.05, 3.63) is 92.9 Å². The number of aliphatic hydroxyl groups is 1. The summed E-state index contributed by atoms with van der Waals surface area (Å²) >= 11 is 0. The topological polar surface area (TPSA) is 135 Å². The molecule has 0 saturated heterocycles. The number of pyridine rings is 1. The number of anilines is 1. The lowest BCUT2D eigenvalue weighted by Crippen LogP contribution is -2.60. The molecule has 2 heterocycles. The van der Waals surface area contributed by atoms with E-state index < -0.39 is 28.6 Å². The second-order valence-corrected chi connectivity index (χ2v) is 9.71. The van der Waals surface area contributed by atoms with Crippen LogP contribution < -0.4 is 21.3 Å². The number of nitrogen functional groups attached to an aromatic ring is 1. The van der Waals surface area contributed by atoms with Crippen LogP contribution in [-0.4, -0.2) is 21.8 Å². The summed E-state index contributed by atoms with van der Waals surface area (Å²) in [5.74, 6) is -2.70. The van der Waals surface area contributed by atoms with Crippen molar-refractivity contribution in [3.63, 3.8) is 0 Å². The van der Waals surface area contributed by atoms with Gasteiger partial charge >= 0.3 is 0 Å². The molecule has 3 aromatic rings. The highest BCUT2D eigenvalue weighted by Gasteiger charge is 2.72. The van der Waals surface area contributed by atoms with Gasteiger partial charge in [0.05, 0.1) is 5.56 Å². The van der Waals surface area contributed by atoms with Gasteiger partial charge in [0.25, 0.3) is 11.7 Å². The summed E-state index contributed by atoms with van der Waals surface area (Å²) in [7, 11) is 0. The predicted octanol–water partition coefficient (Wildman–Crippen LogP) is 2.31. The van der Waals surface area contributed by atoms with Crippen molar-refractivity contribution in [3.8, 4) is 5.75 Å². The van der Waals surface area contributed by atoms with Gasteiger partial charge in [0.2, 0.25) is 16.9 Å². The van der Waals surface area contributed by atoms with Gasteiger partial charge in [-0.25, -0.2) is 0 Å². The van der Waals surface area contributed by atoms with Crippen molar-refractivity contribution in [2.24, 2.45) is 5.92 Å². The molecule has 8 heteroatoms. The van der Waals surface area contributed by atoms with Gasteiger partial charge in [0.15, 0.2) is 0 Å². The molecule has 3 aliphatic rings. The van der Waals surface area contributed by atoms with Gasteiger partial charge < -0.3 is 25.9 Å². The highest BCUT2D eigenvalue weighted by Crippen LogP contribution is 2.61. The van der Waals surface area contributed by atoms with Gasteiger partial charge in [0.1, 0.15) is 11.4 Å². The van der Waals surface area contributed by atoms with E-state index in [0.717, 1.165) is 12.0 Å². The van der Waals surface area contributed by atoms with E-state index in [1.54, 1.807) is 24.3 Å². The van der Waals surface area contributed by atoms with Gasteiger partial charge in [-0.1, -0.05) is 44.2 Å². The summed E-state index contributed by atoms with van der Waals surface area (Å²) in [5.41, 5.74) is 5.45. The van der Waals surface area contributed by atoms with Crippen LogP contribution in [-0.2, 0) is 16.7 Å². The quantitative estimate of drug-likeness (QED) is 0.446. The van der Waals surface area contributed by atoms with Crippen LogP contribution in [0, 0.1) is 5.92 Å². The van der Waals surface area contributed by atoms with Crippen LogP contribution in [0.3, 0.4) is 0 Å². The smallest absolute Gasteiger partial charge is 0.271 e. The van der Waals surface area contributed by atoms with E-state index >= 15 is 0 Å². The zero-order chi connectivity index (χ0) is 24.0. The fourth-order valence-corrected chi connectivity index (χ4v) is 5.52. The third-order valence-corrected chi connectivity index (χ3v) is 7.81. The second-order valence-electron chi connectivity index (χ2n) is 9.71. The van der Waals surface area contributed by atoms with E-state index in [1.807, 2.05) is 12.1 Å². The Morgan fingerprint density at radius 2 is 1.88 bits per heavy atom. The maximum Gasteiger partial charge on any atom is 0.271 e. The monoisotopic (exact) mass is 457 g/mol. The zero-order valence-electron chi connectivity index (χ0n) is 18.6. The molecule has 1 saturated carbocycles. The molecular weight excluding hydrogens is 434 g/mol. The number of ketones is 1. The van der Waals surface area contributed by atoms with Crippen molar-refractivity contribution in [1.82, 2.24) is 10.3 Å². The maximum absolute atomic E-state index is 14.0. The summed E-state index contributed by atoms with van der Waals surface area (Å²) in [6.45, 7) is 4.33. The number of rotatable bonds is 3. The molecule has 0 spiro atoms. The Morgan fingerprint density at radius 3 is 2.59 bits per heavy atom. The Labute approximate surface area is 194 Å². The molecule has 1 amide bonds. The predicted molar refractivity (Wildman–Crippen MR) is 123 cm³/mol. The number of hydrogen-bond acceptors (Lipinski definition) is 6. The Morgan fingerprint density at radius 1 is 1.15 bits per heavy atom. The number of amides is 1. The van der Waals surface area contributed by atoms with Gasteiger partial charge in [-0.15, -0.1) is 0 Å². The molecule has 5 N–H and O–H groups in total. The first kappa shape index (κ1) is 20.7. The van der Waals surface area contributed by atoms with Gasteiger partial charge in [-0.2, -0.15) is 0 Å². The number of aromatic amines is 1. The largest absolute Gasteiger partial charge is 0.454 e. The van der Waals surface area contributed by atoms with Gasteiger partial charge in [0, 0.05) is 22.9 Å². The first-order valence-electron chi connectivity index (χ1n) is 11.1. The SMILES string of the molecule is C[C@H]1C[C@@]1(C)c1ccc2c(c1)OC1(O)c3cccc(N)c3C(=O)C21NC(=O)c1cccc(=O)[nH]1. The van der Waals surface area contributed by atoms with E-state index in [4.69, 9.17) is 10.5 Å². The summed E-state index contributed by atoms with van der Waals surface area (Å²) in [5, 5.41) is 14.7. The Bertz CT molecular complexity index is 1480. The Balaban J connectivity index is 1.55. The van der Waals surface area contributed by atoms with E-state index in [1.165, 1.54) is 18.2 Å². The average Bonchev–Trinajstić information content (AvgIpc) is 3.27. The van der Waals surface area contributed by atoms with Crippen molar-refractivity contribution in [2.45, 2.75) is 37.0 Å². The summed E-state index contributed by atoms with van der Waals surface area (Å²) in [6, 6.07) is 14.4. The fourth-order valence-electron chi connectivity index (χ4n) is 5.52. The molecular formula is C26H23N3O5. The highest BCUT2D eigenvalue weighted by atomic mass is 16.6. The van der Waals surface area contributed by atoms with Crippen LogP contribution in [0.5, 0.6) is 5.75 Å². The Kier molecular flexibility index (Phi) is 3.87. The van der Waals surface area contributed by atoms with Crippen LogP contribution in [0.4, 0.5) is 5.69 Å². The second kappa shape index (κ2) is 6.36. The molecule has 0 bridgehead atoms. The van der Waals surface area contributed by atoms with Crippen LogP contribution in [0.15, 0.2) is 59.4 Å². The number of nitrogens with two attached hydrogens (primary N) is 1. The third-order valence-electron chi connectivity index (χ3n) is 7.81. The number of aromatic nitrogens is 1. The number of Topliss-reactive ketones (excluding diaryl/α,β-unsaturated/α-hetero) is 1. The summed E-state index contributed by atoms with van der Waals surface area (Å²) in [6.07, 6.45) is 1.03. The molecule has 6 rings (SSSR count). The van der Waals surface area contributed by atoms with Gasteiger partial charge in [-0.05, 0) is 41.5 Å². The third kappa shape index (κ3) is 2.38. The van der Waals surface area contributed by atoms with Crippen molar-refractivity contribution in [2.75, 3.05) is 5.73 Å². The van der Waals surface area contributed by atoms with E-state index in [2.05, 4.69) is 24.1 Å². The highest BCUT2D eigenvalue weighted by molar-refractivity contribution is 6.15. The Hall–Kier alpha value is -3.91. The standard InChI is InChI=1S/C26H23N3O5/c1-13-12-24(13,2)14-9-10-15-19(11-14)34-26(33)16-5-3-6-17(27)21(16)22(31)25(15,26)29-23(32)18-7-4-8-20(30)28-18/h3-11,13,33H,12,27H2,1-2H3,(H,28,30)(H,29,32)/t13-,24+,25?,26?/m0/s1. The molecule has 1 fully saturated rings. The lowest BCUT2D eigenvalue weighted by Gasteiger charge is -2.34. The average molecular weight is 457 g/mol. The number of hydrogen-bond donors (Lipinski definition) is 4. The van der Waals surface area contributed by atoms with Crippen LogP contribution in [0.25, 0.3) is 0 Å². The van der Waals surface area contributed by atoms with Crippen LogP contribution >= 0.6 is 0 Å². The molecule has 0 radical (unpaired) electrons. The van der Waals surface area contributed by atoms with Crippen molar-refractivity contribution < 1.29 is 19.4 Å². The molecule has 1 aromatic heterocycles. The summed E-state index contributed by atoms with van der Waals surface area (Å²) < 4.78 is 6.13. The normalized spacial score (nSPS) is 30.2. The molecule has 2 unspecified atom stereocenters. The molecule has 8 nitrogen and oxygen atoms in total. The fraction of sp³-hybridized carbons (Fsp3) is 0.269. The molecule has 2 aliphatic carbocycles. The van der Waals surface area contributed by atoms with E-state index in [-0.39, 0.29) is 27.9 Å². The van der Waals surface area contributed by atoms with Crippen molar-refractivity contribution in [1.29, 1.82) is 0 Å². The van der Waals surface area contributed by atoms with Gasteiger partial charge in [-0.3, -0.25) is 14.4 Å². The molecule has 4 atom stereocenters. The van der Waals surface area contributed by atoms with Crippen molar-refractivity contribution >= 4 is 17.4 Å². The number of H-pyrrole nitrogens is 1. The van der Waals surface area contributed by atoms with E-state index in [9.17, 15) is 19.5 Å². The van der Waals surface area contributed by atoms with Crippen LogP contribution in [0.2, 0.25) is 0 Å². The number of fused-ring (bicyclic) bond motifs is 5. The maximum atomic E-state index is 14.0. The first-order valence-corrected chi connectivity index (χ1v) is 11.1. The number of carbonyl (C=O) groups is 2. The number of ether oxygens (including phenoxy) is 1. The molecule has 2 aromatic carbocycles. The first-order chi connectivity index (χ1) is 16.1. The molecule has 172 valence electrons. The van der Waals surface area contributed by atoms with E-state index in [0.29, 0.717) is 17.2 Å². The van der Waals surface area contributed by atoms with Crippen LogP contribution in [0.1, 0.15) is 57.8 Å². The number of carbonyl (C=O) groups excluding carboxylic acids is 2. The zero-order valence-corrected chi connectivity index (χ0v) is 18.6. The molecule has 1 aliphatic heterocycles. The lowest BCUT2D eigenvalue weighted by molar-refractivity contribution is -0.169. The minimum atomic E-state index is -2.21. The summed E-state index contributed by atoms with van der Waals surface area (Å²) in [4.78, 5) is 41.5. The number of benzene rings is 2. The lowest BCUT2D eigenvalue weighted by atomic mass is 9.81. The molecule has 34 heavy (non-hydrogen) atoms. The minimum absolute atomic E-state index is 0.00894.